The average molecular weight is 541 g/mol. The van der Waals surface area contributed by atoms with Crippen molar-refractivity contribution >= 4 is 11.5 Å². The third kappa shape index (κ3) is 4.22. The molecule has 0 radical (unpaired) electrons. The van der Waals surface area contributed by atoms with Gasteiger partial charge in [-0.1, -0.05) is 38.1 Å². The minimum atomic E-state index is -0.712. The number of allylic oxidation sites excluding steroid dienone is 2. The Morgan fingerprint density at radius 2 is 1.75 bits per heavy atom. The highest BCUT2D eigenvalue weighted by Gasteiger charge is 2.70. The van der Waals surface area contributed by atoms with Crippen molar-refractivity contribution in [2.45, 2.75) is 71.3 Å². The molecule has 4 nitrogen and oxygen atoms in total. The van der Waals surface area contributed by atoms with E-state index in [-0.39, 0.29) is 16.6 Å². The van der Waals surface area contributed by atoms with Crippen LogP contribution >= 0.6 is 0 Å². The molecule has 5 heteroatoms. The molecule has 208 valence electrons. The largest absolute Gasteiger partial charge is 0.497 e. The minimum absolute atomic E-state index is 0.0164. The zero-order valence-corrected chi connectivity index (χ0v) is 23.8. The SMILES string of the molecule is COc1ccc(F)c(-c2ccc(COc3ccc4c(c3)[C@]3(CCC4)C[C@@]3(C)C(=O)O)cc2C2=CCCC2(C)C)c1. The smallest absolute Gasteiger partial charge is 0.310 e. The summed E-state index contributed by atoms with van der Waals surface area (Å²) in [7, 11) is 1.59. The Kier molecular flexibility index (Phi) is 6.32. The predicted molar refractivity (Wildman–Crippen MR) is 155 cm³/mol. The first-order valence-corrected chi connectivity index (χ1v) is 14.3. The van der Waals surface area contributed by atoms with Crippen LogP contribution in [0.1, 0.15) is 75.1 Å². The van der Waals surface area contributed by atoms with E-state index < -0.39 is 11.4 Å². The molecule has 1 N–H and O–H groups in total. The summed E-state index contributed by atoms with van der Waals surface area (Å²) in [6.45, 7) is 6.73. The average Bonchev–Trinajstić information content (AvgIpc) is 3.38. The van der Waals surface area contributed by atoms with E-state index >= 15 is 4.39 Å². The second-order valence-corrected chi connectivity index (χ2v) is 12.6. The third-order valence-electron chi connectivity index (χ3n) is 9.80. The van der Waals surface area contributed by atoms with Crippen LogP contribution in [-0.2, 0) is 23.2 Å². The Hall–Kier alpha value is -3.60. The number of halogens is 1. The van der Waals surface area contributed by atoms with E-state index in [1.165, 1.54) is 17.2 Å². The van der Waals surface area contributed by atoms with Crippen LogP contribution in [0, 0.1) is 16.6 Å². The summed E-state index contributed by atoms with van der Waals surface area (Å²) in [6.07, 6.45) is 7.91. The van der Waals surface area contributed by atoms with E-state index in [9.17, 15) is 9.90 Å². The van der Waals surface area contributed by atoms with Gasteiger partial charge in [0, 0.05) is 11.0 Å². The van der Waals surface area contributed by atoms with Gasteiger partial charge in [-0.2, -0.15) is 0 Å². The quantitative estimate of drug-likeness (QED) is 0.327. The van der Waals surface area contributed by atoms with E-state index in [0.29, 0.717) is 24.3 Å². The van der Waals surface area contributed by atoms with Gasteiger partial charge < -0.3 is 14.6 Å². The maximum atomic E-state index is 15.1. The number of fused-ring (bicyclic) bond motifs is 2. The fourth-order valence-corrected chi connectivity index (χ4v) is 7.23. The highest BCUT2D eigenvalue weighted by Crippen LogP contribution is 2.69. The Labute approximate surface area is 235 Å². The molecular weight excluding hydrogens is 503 g/mol. The summed E-state index contributed by atoms with van der Waals surface area (Å²) in [5.74, 6) is 0.383. The molecular formula is C35H37FO4. The van der Waals surface area contributed by atoms with Crippen molar-refractivity contribution in [1.82, 2.24) is 0 Å². The van der Waals surface area contributed by atoms with Gasteiger partial charge in [0.15, 0.2) is 0 Å². The van der Waals surface area contributed by atoms with Crippen molar-refractivity contribution in [2.24, 2.45) is 10.8 Å². The number of carboxylic acid groups (broad SMARTS) is 1. The molecule has 3 aliphatic carbocycles. The molecule has 2 atom stereocenters. The second-order valence-electron chi connectivity index (χ2n) is 12.6. The number of carboxylic acids is 1. The number of ether oxygens (including phenoxy) is 2. The molecule has 1 fully saturated rings. The van der Waals surface area contributed by atoms with Crippen molar-refractivity contribution in [3.8, 4) is 22.6 Å². The molecule has 0 amide bonds. The fourth-order valence-electron chi connectivity index (χ4n) is 7.23. The zero-order valence-electron chi connectivity index (χ0n) is 23.8. The number of hydrogen-bond acceptors (Lipinski definition) is 3. The molecule has 6 rings (SSSR count). The van der Waals surface area contributed by atoms with Crippen LogP contribution in [0.25, 0.3) is 16.7 Å². The van der Waals surface area contributed by atoms with Gasteiger partial charge in [0.1, 0.15) is 23.9 Å². The molecule has 3 aromatic rings. The first-order chi connectivity index (χ1) is 19.1. The molecule has 0 saturated heterocycles. The van der Waals surface area contributed by atoms with Gasteiger partial charge in [-0.25, -0.2) is 4.39 Å². The minimum Gasteiger partial charge on any atom is -0.497 e. The molecule has 1 spiro atoms. The summed E-state index contributed by atoms with van der Waals surface area (Å²) >= 11 is 0. The van der Waals surface area contributed by atoms with Crippen molar-refractivity contribution < 1.29 is 23.8 Å². The second kappa shape index (κ2) is 9.50. The van der Waals surface area contributed by atoms with E-state index in [2.05, 4.69) is 38.1 Å². The summed E-state index contributed by atoms with van der Waals surface area (Å²) in [5, 5.41) is 9.91. The van der Waals surface area contributed by atoms with Crippen molar-refractivity contribution in [3.05, 3.63) is 88.7 Å². The summed E-state index contributed by atoms with van der Waals surface area (Å²) in [6, 6.07) is 17.2. The fraction of sp³-hybridized carbons (Fsp3) is 0.400. The van der Waals surface area contributed by atoms with Gasteiger partial charge in [-0.15, -0.1) is 0 Å². The number of carbonyl (C=O) groups is 1. The Bertz CT molecular complexity index is 1540. The number of aryl methyl sites for hydroxylation is 1. The van der Waals surface area contributed by atoms with Crippen LogP contribution in [0.15, 0.2) is 60.7 Å². The van der Waals surface area contributed by atoms with Gasteiger partial charge >= 0.3 is 5.97 Å². The summed E-state index contributed by atoms with van der Waals surface area (Å²) in [5.41, 5.74) is 5.99. The number of benzene rings is 3. The van der Waals surface area contributed by atoms with Crippen LogP contribution in [0.3, 0.4) is 0 Å². The highest BCUT2D eigenvalue weighted by molar-refractivity contribution is 5.85. The molecule has 0 heterocycles. The lowest BCUT2D eigenvalue weighted by molar-refractivity contribution is -0.143. The van der Waals surface area contributed by atoms with Gasteiger partial charge in [0.2, 0.25) is 0 Å². The van der Waals surface area contributed by atoms with E-state index in [0.717, 1.165) is 60.1 Å². The van der Waals surface area contributed by atoms with Crippen LogP contribution in [0.4, 0.5) is 4.39 Å². The molecule has 0 unspecified atom stereocenters. The van der Waals surface area contributed by atoms with Crippen LogP contribution < -0.4 is 9.47 Å². The lowest BCUT2D eigenvalue weighted by Gasteiger charge is -2.29. The summed E-state index contributed by atoms with van der Waals surface area (Å²) < 4.78 is 26.8. The number of hydrogen-bond donors (Lipinski definition) is 1. The third-order valence-corrected chi connectivity index (χ3v) is 9.80. The first-order valence-electron chi connectivity index (χ1n) is 14.3. The van der Waals surface area contributed by atoms with E-state index in [1.807, 2.05) is 25.1 Å². The first kappa shape index (κ1) is 26.6. The molecule has 1 saturated carbocycles. The topological polar surface area (TPSA) is 55.8 Å². The van der Waals surface area contributed by atoms with Crippen LogP contribution in [-0.4, -0.2) is 18.2 Å². The maximum Gasteiger partial charge on any atom is 0.310 e. The van der Waals surface area contributed by atoms with E-state index in [1.54, 1.807) is 19.2 Å². The molecule has 0 aliphatic heterocycles. The number of rotatable bonds is 7. The number of methoxy groups -OCH3 is 1. The highest BCUT2D eigenvalue weighted by atomic mass is 19.1. The van der Waals surface area contributed by atoms with Gasteiger partial charge in [0.05, 0.1) is 12.5 Å². The normalized spacial score (nSPS) is 24.4. The van der Waals surface area contributed by atoms with Crippen molar-refractivity contribution in [3.63, 3.8) is 0 Å². The monoisotopic (exact) mass is 540 g/mol. The molecule has 0 bridgehead atoms. The molecule has 3 aromatic carbocycles. The lowest BCUT2D eigenvalue weighted by atomic mass is 9.75. The Morgan fingerprint density at radius 1 is 0.950 bits per heavy atom. The lowest BCUT2D eigenvalue weighted by Crippen LogP contribution is -2.27. The van der Waals surface area contributed by atoms with Gasteiger partial charge in [-0.05, 0) is 121 Å². The van der Waals surface area contributed by atoms with Crippen molar-refractivity contribution in [2.75, 3.05) is 7.11 Å². The molecule has 40 heavy (non-hydrogen) atoms. The van der Waals surface area contributed by atoms with Crippen molar-refractivity contribution in [1.29, 1.82) is 0 Å². The summed E-state index contributed by atoms with van der Waals surface area (Å²) in [4.78, 5) is 12.1. The van der Waals surface area contributed by atoms with E-state index in [4.69, 9.17) is 9.47 Å². The van der Waals surface area contributed by atoms with Gasteiger partial charge in [-0.3, -0.25) is 4.79 Å². The predicted octanol–water partition coefficient (Wildman–Crippen LogP) is 8.35. The Morgan fingerprint density at radius 3 is 2.45 bits per heavy atom. The van der Waals surface area contributed by atoms with Crippen LogP contribution in [0.2, 0.25) is 0 Å². The molecule has 0 aromatic heterocycles. The Balaban J connectivity index is 1.32. The standard InChI is InChI=1S/C35H37FO4/c1-33(2)15-6-8-29(33)27-17-22(9-13-26(27)28-18-24(39-4)12-14-31(28)36)20-40-25-11-10-23-7-5-16-35(30(23)19-25)21-34(35,3)32(37)38/h8-14,17-19H,5-7,15-16,20-21H2,1-4H3,(H,37,38)/t34-,35-/m0/s1. The van der Waals surface area contributed by atoms with Crippen LogP contribution in [0.5, 0.6) is 11.5 Å². The number of aliphatic carboxylic acids is 1. The molecule has 3 aliphatic rings. The maximum absolute atomic E-state index is 15.1. The zero-order chi connectivity index (χ0) is 28.3. The van der Waals surface area contributed by atoms with Gasteiger partial charge in [0.25, 0.3) is 0 Å².